The Morgan fingerprint density at radius 2 is 1.92 bits per heavy atom. The fourth-order valence-electron chi connectivity index (χ4n) is 3.88. The number of hydrogen-bond donors (Lipinski definition) is 1. The van der Waals surface area contributed by atoms with E-state index in [2.05, 4.69) is 33.9 Å². The minimum atomic E-state index is 0.331. The fourth-order valence-corrected chi connectivity index (χ4v) is 4.08. The van der Waals surface area contributed by atoms with E-state index < -0.39 is 0 Å². The van der Waals surface area contributed by atoms with E-state index in [-0.39, 0.29) is 0 Å². The zero-order chi connectivity index (χ0) is 18.1. The number of rotatable bonds is 6. The van der Waals surface area contributed by atoms with Crippen molar-refractivity contribution in [2.24, 2.45) is 5.92 Å². The maximum Gasteiger partial charge on any atom is 0.223 e. The van der Waals surface area contributed by atoms with Gasteiger partial charge in [-0.05, 0) is 51.9 Å². The first kappa shape index (κ1) is 17.8. The molecule has 0 bridgehead atoms. The van der Waals surface area contributed by atoms with E-state index in [0.29, 0.717) is 23.1 Å². The predicted molar refractivity (Wildman–Crippen MR) is 106 cm³/mol. The Labute approximate surface area is 160 Å². The standard InChI is InChI=1S/C20H28ClN5/c1-13(2)26-18(10-14-8-9-14)16(11-23-26)19-17(21)12-22-20(25-19)24-15-6-4-3-5-7-15/h11-15H,3-10H2,1-2H3,(H,22,24,25). The smallest absolute Gasteiger partial charge is 0.223 e. The third kappa shape index (κ3) is 3.88. The van der Waals surface area contributed by atoms with Crippen LogP contribution in [0.25, 0.3) is 11.3 Å². The second-order valence-electron chi connectivity index (χ2n) is 8.06. The minimum absolute atomic E-state index is 0.331. The first-order valence-corrected chi connectivity index (χ1v) is 10.4. The summed E-state index contributed by atoms with van der Waals surface area (Å²) in [6.45, 7) is 4.34. The lowest BCUT2D eigenvalue weighted by Crippen LogP contribution is -2.23. The molecule has 0 radical (unpaired) electrons. The topological polar surface area (TPSA) is 55.6 Å². The van der Waals surface area contributed by atoms with Crippen LogP contribution in [0.4, 0.5) is 5.95 Å². The van der Waals surface area contributed by atoms with Gasteiger partial charge in [0.05, 0.1) is 23.1 Å². The SMILES string of the molecule is CC(C)n1ncc(-c2nc(NC3CCCCC3)ncc2Cl)c1CC1CC1. The largest absolute Gasteiger partial charge is 0.351 e. The van der Waals surface area contributed by atoms with Crippen LogP contribution in [0.2, 0.25) is 5.02 Å². The highest BCUT2D eigenvalue weighted by atomic mass is 35.5. The molecule has 2 aliphatic carbocycles. The van der Waals surface area contributed by atoms with Gasteiger partial charge in [0.2, 0.25) is 5.95 Å². The normalized spacial score (nSPS) is 18.5. The molecular weight excluding hydrogens is 346 g/mol. The monoisotopic (exact) mass is 373 g/mol. The van der Waals surface area contributed by atoms with Crippen molar-refractivity contribution in [2.45, 2.75) is 77.3 Å². The molecule has 0 unspecified atom stereocenters. The number of anilines is 1. The average Bonchev–Trinajstić information content (AvgIpc) is 3.35. The van der Waals surface area contributed by atoms with Gasteiger partial charge in [-0.3, -0.25) is 4.68 Å². The highest BCUT2D eigenvalue weighted by Crippen LogP contribution is 2.38. The first-order chi connectivity index (χ1) is 12.6. The second-order valence-corrected chi connectivity index (χ2v) is 8.47. The Kier molecular flexibility index (Phi) is 5.16. The molecule has 26 heavy (non-hydrogen) atoms. The zero-order valence-corrected chi connectivity index (χ0v) is 16.5. The van der Waals surface area contributed by atoms with E-state index in [9.17, 15) is 0 Å². The molecular formula is C20H28ClN5. The van der Waals surface area contributed by atoms with Gasteiger partial charge >= 0.3 is 0 Å². The number of nitrogens with zero attached hydrogens (tertiary/aromatic N) is 4. The van der Waals surface area contributed by atoms with Crippen molar-refractivity contribution in [1.29, 1.82) is 0 Å². The Morgan fingerprint density at radius 3 is 2.62 bits per heavy atom. The highest BCUT2D eigenvalue weighted by molar-refractivity contribution is 6.32. The van der Waals surface area contributed by atoms with Crippen LogP contribution in [-0.4, -0.2) is 25.8 Å². The summed E-state index contributed by atoms with van der Waals surface area (Å²) >= 11 is 6.50. The molecule has 6 heteroatoms. The van der Waals surface area contributed by atoms with E-state index in [1.165, 1.54) is 50.6 Å². The lowest BCUT2D eigenvalue weighted by molar-refractivity contribution is 0.461. The van der Waals surface area contributed by atoms with E-state index in [0.717, 1.165) is 23.6 Å². The van der Waals surface area contributed by atoms with Crippen molar-refractivity contribution in [1.82, 2.24) is 19.7 Å². The number of halogens is 1. The number of hydrogen-bond acceptors (Lipinski definition) is 4. The molecule has 2 heterocycles. The quantitative estimate of drug-likeness (QED) is 0.749. The van der Waals surface area contributed by atoms with Gasteiger partial charge in [0.15, 0.2) is 0 Å². The summed E-state index contributed by atoms with van der Waals surface area (Å²) in [4.78, 5) is 9.21. The van der Waals surface area contributed by atoms with Crippen LogP contribution in [-0.2, 0) is 6.42 Å². The molecule has 2 fully saturated rings. The van der Waals surface area contributed by atoms with Gasteiger partial charge in [-0.25, -0.2) is 9.97 Å². The summed E-state index contributed by atoms with van der Waals surface area (Å²) in [6.07, 6.45) is 13.6. The molecule has 0 amide bonds. The molecule has 2 saturated carbocycles. The highest BCUT2D eigenvalue weighted by Gasteiger charge is 2.27. The summed E-state index contributed by atoms with van der Waals surface area (Å²) in [5, 5.41) is 8.75. The second kappa shape index (κ2) is 7.55. The van der Waals surface area contributed by atoms with Gasteiger partial charge in [0, 0.05) is 23.3 Å². The molecule has 5 nitrogen and oxygen atoms in total. The molecule has 4 rings (SSSR count). The van der Waals surface area contributed by atoms with Crippen molar-refractivity contribution in [2.75, 3.05) is 5.32 Å². The summed E-state index contributed by atoms with van der Waals surface area (Å²) in [5.74, 6) is 1.47. The van der Waals surface area contributed by atoms with Crippen LogP contribution in [0.5, 0.6) is 0 Å². The Hall–Kier alpha value is -1.62. The molecule has 0 saturated heterocycles. The van der Waals surface area contributed by atoms with Crippen molar-refractivity contribution >= 4 is 17.5 Å². The molecule has 2 aromatic rings. The Balaban J connectivity index is 1.65. The van der Waals surface area contributed by atoms with Crippen LogP contribution in [0.15, 0.2) is 12.4 Å². The Bertz CT molecular complexity index is 760. The minimum Gasteiger partial charge on any atom is -0.351 e. The van der Waals surface area contributed by atoms with E-state index in [1.807, 2.05) is 6.20 Å². The number of aromatic nitrogens is 4. The summed E-state index contributed by atoms with van der Waals surface area (Å²) in [7, 11) is 0. The van der Waals surface area contributed by atoms with Crippen molar-refractivity contribution in [3.8, 4) is 11.3 Å². The van der Waals surface area contributed by atoms with E-state index in [4.69, 9.17) is 16.6 Å². The van der Waals surface area contributed by atoms with Crippen LogP contribution < -0.4 is 5.32 Å². The third-order valence-corrected chi connectivity index (χ3v) is 5.78. The van der Waals surface area contributed by atoms with E-state index in [1.54, 1.807) is 6.20 Å². The van der Waals surface area contributed by atoms with Gasteiger partial charge in [0.25, 0.3) is 0 Å². The predicted octanol–water partition coefficient (Wildman–Crippen LogP) is 5.27. The summed E-state index contributed by atoms with van der Waals surface area (Å²) in [5.41, 5.74) is 3.12. The maximum atomic E-state index is 6.50. The fraction of sp³-hybridized carbons (Fsp3) is 0.650. The van der Waals surface area contributed by atoms with Crippen molar-refractivity contribution in [3.05, 3.63) is 23.1 Å². The first-order valence-electron chi connectivity index (χ1n) is 9.97. The number of nitrogens with one attached hydrogen (secondary N) is 1. The molecule has 0 atom stereocenters. The van der Waals surface area contributed by atoms with Crippen LogP contribution in [0.3, 0.4) is 0 Å². The van der Waals surface area contributed by atoms with Crippen molar-refractivity contribution in [3.63, 3.8) is 0 Å². The third-order valence-electron chi connectivity index (χ3n) is 5.50. The molecule has 0 aromatic carbocycles. The van der Waals surface area contributed by atoms with Crippen LogP contribution in [0.1, 0.15) is 70.5 Å². The van der Waals surface area contributed by atoms with Crippen LogP contribution >= 0.6 is 11.6 Å². The molecule has 0 aliphatic heterocycles. The van der Waals surface area contributed by atoms with Gasteiger partial charge in [-0.15, -0.1) is 0 Å². The summed E-state index contributed by atoms with van der Waals surface area (Å²) in [6, 6.07) is 0.806. The summed E-state index contributed by atoms with van der Waals surface area (Å²) < 4.78 is 2.13. The molecule has 2 aromatic heterocycles. The average molecular weight is 374 g/mol. The van der Waals surface area contributed by atoms with Crippen LogP contribution in [0, 0.1) is 5.92 Å². The molecule has 2 aliphatic rings. The van der Waals surface area contributed by atoms with E-state index >= 15 is 0 Å². The lowest BCUT2D eigenvalue weighted by Gasteiger charge is -2.23. The zero-order valence-electron chi connectivity index (χ0n) is 15.7. The molecule has 1 N–H and O–H groups in total. The molecule has 0 spiro atoms. The lowest BCUT2D eigenvalue weighted by atomic mass is 9.96. The molecule has 140 valence electrons. The van der Waals surface area contributed by atoms with Gasteiger partial charge in [-0.2, -0.15) is 5.10 Å². The van der Waals surface area contributed by atoms with Gasteiger partial charge in [-0.1, -0.05) is 30.9 Å². The van der Waals surface area contributed by atoms with Gasteiger partial charge in [0.1, 0.15) is 0 Å². The van der Waals surface area contributed by atoms with Gasteiger partial charge < -0.3 is 5.32 Å². The Morgan fingerprint density at radius 1 is 1.15 bits per heavy atom. The maximum absolute atomic E-state index is 6.50. The van der Waals surface area contributed by atoms with Crippen molar-refractivity contribution < 1.29 is 0 Å².